The van der Waals surface area contributed by atoms with Gasteiger partial charge in [0.2, 0.25) is 5.71 Å². The molecule has 4 heterocycles. The number of hydrogen-bond acceptors (Lipinski definition) is 4. The maximum atomic E-state index is 6.38. The van der Waals surface area contributed by atoms with Crippen LogP contribution in [-0.2, 0) is 0 Å². The van der Waals surface area contributed by atoms with Gasteiger partial charge in [0, 0.05) is 45.7 Å². The van der Waals surface area contributed by atoms with E-state index >= 15 is 0 Å². The molecule has 0 aliphatic carbocycles. The van der Waals surface area contributed by atoms with Crippen LogP contribution < -0.4 is 0 Å². The van der Waals surface area contributed by atoms with Crippen LogP contribution in [0, 0.1) is 0 Å². The zero-order valence-electron chi connectivity index (χ0n) is 17.3. The summed E-state index contributed by atoms with van der Waals surface area (Å²) in [5.74, 6) is 0. The van der Waals surface area contributed by atoms with Crippen LogP contribution in [0.2, 0.25) is 0 Å². The van der Waals surface area contributed by atoms with Crippen molar-refractivity contribution in [2.45, 2.75) is 0 Å². The molecule has 8 aromatic rings. The summed E-state index contributed by atoms with van der Waals surface area (Å²) in [6.45, 7) is 0. The van der Waals surface area contributed by atoms with Crippen molar-refractivity contribution in [3.05, 3.63) is 91.3 Å². The summed E-state index contributed by atoms with van der Waals surface area (Å²) in [6, 6.07) is 27.2. The highest BCUT2D eigenvalue weighted by molar-refractivity contribution is 6.23. The second kappa shape index (κ2) is 5.99. The topological polar surface area (TPSA) is 57.0 Å². The lowest BCUT2D eigenvalue weighted by Gasteiger charge is -2.07. The highest BCUT2D eigenvalue weighted by Crippen LogP contribution is 2.40. The summed E-state index contributed by atoms with van der Waals surface area (Å²) < 4.78 is 14.7. The van der Waals surface area contributed by atoms with E-state index in [0.717, 1.165) is 65.9 Å². The molecule has 0 aliphatic rings. The molecule has 0 fully saturated rings. The Balaban J connectivity index is 1.52. The van der Waals surface area contributed by atoms with Crippen molar-refractivity contribution in [3.63, 3.8) is 0 Å². The Morgan fingerprint density at radius 2 is 1.42 bits per heavy atom. The summed E-state index contributed by atoms with van der Waals surface area (Å²) in [6.07, 6.45) is 3.34. The first-order valence-corrected chi connectivity index (χ1v) is 10.8. The Labute approximate surface area is 186 Å². The van der Waals surface area contributed by atoms with Crippen LogP contribution in [0.25, 0.3) is 71.6 Å². The van der Waals surface area contributed by atoms with Crippen molar-refractivity contribution < 1.29 is 8.83 Å². The second-order valence-corrected chi connectivity index (χ2v) is 8.28. The van der Waals surface area contributed by atoms with Crippen LogP contribution in [0.4, 0.5) is 0 Å². The predicted octanol–water partition coefficient (Wildman–Crippen LogP) is 7.37. The average Bonchev–Trinajstić information content (AvgIpc) is 3.52. The van der Waals surface area contributed by atoms with Crippen molar-refractivity contribution in [1.82, 2.24) is 14.5 Å². The first kappa shape index (κ1) is 17.0. The molecule has 0 spiro atoms. The number of hydrogen-bond donors (Lipinski definition) is 0. The van der Waals surface area contributed by atoms with Crippen molar-refractivity contribution in [1.29, 1.82) is 0 Å². The summed E-state index contributed by atoms with van der Waals surface area (Å²) in [7, 11) is 0. The number of fused-ring (bicyclic) bond motifs is 10. The molecule has 33 heavy (non-hydrogen) atoms. The molecule has 5 nitrogen and oxygen atoms in total. The molecule has 0 unspecified atom stereocenters. The van der Waals surface area contributed by atoms with Gasteiger partial charge in [0.15, 0.2) is 0 Å². The third-order valence-electron chi connectivity index (χ3n) is 6.53. The molecule has 0 atom stereocenters. The number of benzene rings is 4. The van der Waals surface area contributed by atoms with E-state index in [0.29, 0.717) is 5.71 Å². The van der Waals surface area contributed by atoms with Gasteiger partial charge in [0.05, 0.1) is 16.4 Å². The third-order valence-corrected chi connectivity index (χ3v) is 6.53. The molecule has 0 N–H and O–H groups in total. The maximum Gasteiger partial charge on any atom is 0.246 e. The highest BCUT2D eigenvalue weighted by Gasteiger charge is 2.19. The number of furan rings is 2. The zero-order chi connectivity index (χ0) is 21.5. The van der Waals surface area contributed by atoms with E-state index in [4.69, 9.17) is 8.83 Å². The summed E-state index contributed by atoms with van der Waals surface area (Å²) >= 11 is 0. The number of nitrogens with zero attached hydrogens (tertiary/aromatic N) is 3. The number of rotatable bonds is 1. The lowest BCUT2D eigenvalue weighted by molar-refractivity contribution is 0.652. The fourth-order valence-corrected chi connectivity index (χ4v) is 5.13. The van der Waals surface area contributed by atoms with Crippen LogP contribution in [0.3, 0.4) is 0 Å². The van der Waals surface area contributed by atoms with Crippen LogP contribution in [-0.4, -0.2) is 14.5 Å². The molecular formula is C28H15N3O2. The van der Waals surface area contributed by atoms with Gasteiger partial charge in [-0.2, -0.15) is 0 Å². The van der Waals surface area contributed by atoms with Crippen LogP contribution >= 0.6 is 0 Å². The molecule has 0 aliphatic heterocycles. The molecule has 0 radical (unpaired) electrons. The normalized spacial score (nSPS) is 12.2. The average molecular weight is 425 g/mol. The molecular weight excluding hydrogens is 410 g/mol. The van der Waals surface area contributed by atoms with E-state index in [1.54, 1.807) is 12.4 Å². The van der Waals surface area contributed by atoms with Gasteiger partial charge >= 0.3 is 0 Å². The van der Waals surface area contributed by atoms with Gasteiger partial charge in [-0.25, -0.2) is 9.97 Å². The van der Waals surface area contributed by atoms with Crippen molar-refractivity contribution in [2.75, 3.05) is 0 Å². The van der Waals surface area contributed by atoms with E-state index in [1.807, 2.05) is 12.1 Å². The quantitative estimate of drug-likeness (QED) is 0.275. The molecule has 0 saturated heterocycles. The van der Waals surface area contributed by atoms with Crippen LogP contribution in [0.15, 0.2) is 100 Å². The van der Waals surface area contributed by atoms with E-state index in [2.05, 4.69) is 81.3 Å². The lowest BCUT2D eigenvalue weighted by atomic mass is 10.1. The molecule has 4 aromatic carbocycles. The van der Waals surface area contributed by atoms with Crippen LogP contribution in [0.5, 0.6) is 0 Å². The Kier molecular flexibility index (Phi) is 3.08. The predicted molar refractivity (Wildman–Crippen MR) is 131 cm³/mol. The summed E-state index contributed by atoms with van der Waals surface area (Å²) in [4.78, 5) is 8.76. The fourth-order valence-electron chi connectivity index (χ4n) is 5.13. The zero-order valence-corrected chi connectivity index (χ0v) is 17.3. The molecule has 8 rings (SSSR count). The Hall–Kier alpha value is -4.64. The maximum absolute atomic E-state index is 6.38. The van der Waals surface area contributed by atoms with Gasteiger partial charge in [0.25, 0.3) is 0 Å². The van der Waals surface area contributed by atoms with Crippen molar-refractivity contribution in [2.24, 2.45) is 0 Å². The minimum absolute atomic E-state index is 0.552. The molecule has 0 saturated carbocycles. The minimum Gasteiger partial charge on any atom is -0.455 e. The standard InChI is InChI=1S/C28H15N3O2/c1-3-7-21-19(6-1)25-22(12-11-18-17-5-2-4-8-23(17)32-27(18)25)31(21)16-9-10-20-24(15-16)33-28-26(20)29-13-14-30-28/h1-15H. The Bertz CT molecular complexity index is 2040. The Morgan fingerprint density at radius 3 is 2.39 bits per heavy atom. The van der Waals surface area contributed by atoms with Gasteiger partial charge < -0.3 is 13.4 Å². The largest absolute Gasteiger partial charge is 0.455 e. The monoisotopic (exact) mass is 425 g/mol. The third kappa shape index (κ3) is 2.16. The minimum atomic E-state index is 0.552. The van der Waals surface area contributed by atoms with Gasteiger partial charge in [0.1, 0.15) is 22.3 Å². The lowest BCUT2D eigenvalue weighted by Crippen LogP contribution is -1.93. The van der Waals surface area contributed by atoms with Crippen LogP contribution in [0.1, 0.15) is 0 Å². The van der Waals surface area contributed by atoms with E-state index in [9.17, 15) is 0 Å². The van der Waals surface area contributed by atoms with Crippen molar-refractivity contribution in [3.8, 4) is 5.69 Å². The van der Waals surface area contributed by atoms with Gasteiger partial charge in [-0.15, -0.1) is 0 Å². The van der Waals surface area contributed by atoms with Gasteiger partial charge in [-0.05, 0) is 36.4 Å². The second-order valence-electron chi connectivity index (χ2n) is 8.28. The molecule has 0 amide bonds. The number of para-hydroxylation sites is 2. The Morgan fingerprint density at radius 1 is 0.606 bits per heavy atom. The highest BCUT2D eigenvalue weighted by atomic mass is 16.3. The first-order valence-electron chi connectivity index (χ1n) is 10.8. The van der Waals surface area contributed by atoms with Gasteiger partial charge in [-0.1, -0.05) is 36.4 Å². The molecule has 154 valence electrons. The molecule has 4 aromatic heterocycles. The summed E-state index contributed by atoms with van der Waals surface area (Å²) in [5, 5.41) is 5.50. The van der Waals surface area contributed by atoms with E-state index < -0.39 is 0 Å². The van der Waals surface area contributed by atoms with Crippen molar-refractivity contribution >= 4 is 65.9 Å². The summed E-state index contributed by atoms with van der Waals surface area (Å²) in [5.41, 5.74) is 7.15. The smallest absolute Gasteiger partial charge is 0.246 e. The van der Waals surface area contributed by atoms with E-state index in [1.165, 1.54) is 0 Å². The SMILES string of the molecule is c1ccc2c(c1)oc1c2ccc2c1c1ccccc1n2-c1ccc2c(c1)oc1nccnc12. The molecule has 0 bridgehead atoms. The number of aromatic nitrogens is 3. The fraction of sp³-hybridized carbons (Fsp3) is 0. The van der Waals surface area contributed by atoms with Gasteiger partial charge in [-0.3, -0.25) is 0 Å². The molecule has 5 heteroatoms. The first-order chi connectivity index (χ1) is 16.4. The van der Waals surface area contributed by atoms with E-state index in [-0.39, 0.29) is 0 Å².